The minimum absolute atomic E-state index is 0.300. The summed E-state index contributed by atoms with van der Waals surface area (Å²) < 4.78 is 1.47. The molecule has 0 N–H and O–H groups in total. The van der Waals surface area contributed by atoms with Gasteiger partial charge in [-0.3, -0.25) is 4.79 Å². The molecule has 72 valence electrons. The van der Waals surface area contributed by atoms with E-state index in [4.69, 9.17) is 23.2 Å². The predicted octanol–water partition coefficient (Wildman–Crippen LogP) is 2.07. The van der Waals surface area contributed by atoms with Gasteiger partial charge >= 0.3 is 0 Å². The van der Waals surface area contributed by atoms with E-state index in [1.807, 2.05) is 0 Å². The molecule has 0 saturated carbocycles. The second kappa shape index (κ2) is 3.22. The maximum Gasteiger partial charge on any atom is 0.258 e. The number of halogens is 2. The van der Waals surface area contributed by atoms with E-state index < -0.39 is 5.24 Å². The minimum Gasteiger partial charge on any atom is -0.275 e. The molecule has 0 bridgehead atoms. The topological polar surface area (TPSA) is 47.3 Å². The summed E-state index contributed by atoms with van der Waals surface area (Å²) in [5, 5.41) is 3.79. The molecule has 0 aliphatic carbocycles. The van der Waals surface area contributed by atoms with Gasteiger partial charge in [0.25, 0.3) is 5.24 Å². The van der Waals surface area contributed by atoms with E-state index >= 15 is 0 Å². The maximum atomic E-state index is 11.1. The summed E-state index contributed by atoms with van der Waals surface area (Å²) in [5.41, 5.74) is 1.23. The summed E-state index contributed by atoms with van der Waals surface area (Å²) in [6, 6.07) is 1.59. The number of carbonyl (C=O) groups excluding carboxylic acids is 1. The molecule has 14 heavy (non-hydrogen) atoms. The van der Waals surface area contributed by atoms with Crippen LogP contribution in [-0.2, 0) is 0 Å². The lowest BCUT2D eigenvalue weighted by Gasteiger charge is -1.93. The third-order valence-electron chi connectivity index (χ3n) is 1.82. The highest BCUT2D eigenvalue weighted by Gasteiger charge is 2.16. The second-order valence-corrected chi connectivity index (χ2v) is 3.48. The standard InChI is InChI=1S/C8H5Cl2N3O/c1-4-6(7(10)14)8-11-5(9)2-3-13(8)12-4/h2-3H,1H3. The quantitative estimate of drug-likeness (QED) is 0.556. The Morgan fingerprint density at radius 3 is 2.93 bits per heavy atom. The molecule has 2 aromatic heterocycles. The van der Waals surface area contributed by atoms with E-state index in [1.54, 1.807) is 19.2 Å². The lowest BCUT2D eigenvalue weighted by molar-refractivity contribution is 0.108. The van der Waals surface area contributed by atoms with Crippen molar-refractivity contribution in [3.63, 3.8) is 0 Å². The van der Waals surface area contributed by atoms with Crippen LogP contribution in [-0.4, -0.2) is 19.8 Å². The Kier molecular flexibility index (Phi) is 2.17. The molecule has 0 saturated heterocycles. The first kappa shape index (κ1) is 9.43. The Hall–Kier alpha value is -1.13. The van der Waals surface area contributed by atoms with Crippen LogP contribution in [0.25, 0.3) is 5.65 Å². The Labute approximate surface area is 89.5 Å². The van der Waals surface area contributed by atoms with Gasteiger partial charge in [-0.1, -0.05) is 11.6 Å². The number of nitrogens with zero attached hydrogens (tertiary/aromatic N) is 3. The first-order valence-electron chi connectivity index (χ1n) is 3.81. The average molecular weight is 230 g/mol. The van der Waals surface area contributed by atoms with Crippen molar-refractivity contribution in [1.29, 1.82) is 0 Å². The van der Waals surface area contributed by atoms with E-state index in [1.165, 1.54) is 4.52 Å². The van der Waals surface area contributed by atoms with E-state index in [-0.39, 0.29) is 0 Å². The number of fused-ring (bicyclic) bond motifs is 1. The fraction of sp³-hybridized carbons (Fsp3) is 0.125. The van der Waals surface area contributed by atoms with E-state index in [0.717, 1.165) is 0 Å². The van der Waals surface area contributed by atoms with Crippen LogP contribution in [0, 0.1) is 6.92 Å². The summed E-state index contributed by atoms with van der Waals surface area (Å²) in [4.78, 5) is 15.1. The van der Waals surface area contributed by atoms with Crippen molar-refractivity contribution < 1.29 is 4.79 Å². The molecule has 0 unspecified atom stereocenters. The SMILES string of the molecule is Cc1nn2ccc(Cl)nc2c1C(=O)Cl. The second-order valence-electron chi connectivity index (χ2n) is 2.75. The molecular formula is C8H5Cl2N3O. The molecular weight excluding hydrogens is 225 g/mol. The van der Waals surface area contributed by atoms with Crippen molar-refractivity contribution in [2.75, 3.05) is 0 Å². The average Bonchev–Trinajstić information content (AvgIpc) is 2.40. The van der Waals surface area contributed by atoms with Crippen molar-refractivity contribution in [2.24, 2.45) is 0 Å². The van der Waals surface area contributed by atoms with Gasteiger partial charge in [0.1, 0.15) is 10.7 Å². The fourth-order valence-corrected chi connectivity index (χ4v) is 1.60. The number of hydrogen-bond donors (Lipinski definition) is 0. The van der Waals surface area contributed by atoms with Crippen LogP contribution in [0.3, 0.4) is 0 Å². The van der Waals surface area contributed by atoms with E-state index in [9.17, 15) is 4.79 Å². The molecule has 2 aromatic rings. The summed E-state index contributed by atoms with van der Waals surface area (Å²) in [7, 11) is 0. The van der Waals surface area contributed by atoms with Gasteiger partial charge < -0.3 is 0 Å². The Balaban J connectivity index is 2.86. The van der Waals surface area contributed by atoms with Crippen molar-refractivity contribution in [3.8, 4) is 0 Å². The number of aromatic nitrogens is 3. The van der Waals surface area contributed by atoms with Gasteiger partial charge in [0.05, 0.1) is 5.69 Å². The molecule has 0 spiro atoms. The molecule has 2 heterocycles. The van der Waals surface area contributed by atoms with Crippen LogP contribution in [0.4, 0.5) is 0 Å². The molecule has 0 fully saturated rings. The monoisotopic (exact) mass is 229 g/mol. The molecule has 0 aliphatic heterocycles. The van der Waals surface area contributed by atoms with Crippen molar-refractivity contribution in [3.05, 3.63) is 28.7 Å². The van der Waals surface area contributed by atoms with Gasteiger partial charge in [0, 0.05) is 6.20 Å². The maximum absolute atomic E-state index is 11.1. The normalized spacial score (nSPS) is 10.8. The van der Waals surface area contributed by atoms with Gasteiger partial charge in [-0.2, -0.15) is 5.10 Å². The molecule has 0 aromatic carbocycles. The van der Waals surface area contributed by atoms with Crippen molar-refractivity contribution >= 4 is 34.1 Å². The number of hydrogen-bond acceptors (Lipinski definition) is 3. The van der Waals surface area contributed by atoms with Crippen LogP contribution >= 0.6 is 23.2 Å². The zero-order valence-electron chi connectivity index (χ0n) is 7.16. The highest BCUT2D eigenvalue weighted by atomic mass is 35.5. The molecule has 2 rings (SSSR count). The van der Waals surface area contributed by atoms with Crippen LogP contribution in [0.1, 0.15) is 16.1 Å². The van der Waals surface area contributed by atoms with E-state index in [0.29, 0.717) is 22.1 Å². The summed E-state index contributed by atoms with van der Waals surface area (Å²) in [6.07, 6.45) is 1.63. The number of rotatable bonds is 1. The lowest BCUT2D eigenvalue weighted by atomic mass is 10.3. The first-order valence-corrected chi connectivity index (χ1v) is 4.56. The first-order chi connectivity index (χ1) is 6.59. The summed E-state index contributed by atoms with van der Waals surface area (Å²) >= 11 is 11.1. The zero-order chi connectivity index (χ0) is 10.3. The van der Waals surface area contributed by atoms with Gasteiger partial charge in [0.2, 0.25) is 0 Å². The number of carbonyl (C=O) groups is 1. The fourth-order valence-electron chi connectivity index (χ4n) is 1.25. The lowest BCUT2D eigenvalue weighted by Crippen LogP contribution is -1.93. The Morgan fingerprint density at radius 1 is 1.57 bits per heavy atom. The Bertz CT molecular complexity index is 521. The van der Waals surface area contributed by atoms with E-state index in [2.05, 4.69) is 10.1 Å². The molecule has 0 atom stereocenters. The Morgan fingerprint density at radius 2 is 2.29 bits per heavy atom. The third-order valence-corrected chi connectivity index (χ3v) is 2.22. The molecule has 0 aliphatic rings. The largest absolute Gasteiger partial charge is 0.275 e. The predicted molar refractivity (Wildman–Crippen MR) is 52.9 cm³/mol. The van der Waals surface area contributed by atoms with Crippen LogP contribution in [0.2, 0.25) is 5.15 Å². The van der Waals surface area contributed by atoms with Crippen LogP contribution < -0.4 is 0 Å². The van der Waals surface area contributed by atoms with Crippen molar-refractivity contribution in [1.82, 2.24) is 14.6 Å². The molecule has 6 heteroatoms. The summed E-state index contributed by atoms with van der Waals surface area (Å²) in [5.74, 6) is 0. The minimum atomic E-state index is -0.577. The third kappa shape index (κ3) is 1.36. The molecule has 0 radical (unpaired) electrons. The number of aryl methyl sites for hydroxylation is 1. The molecule has 4 nitrogen and oxygen atoms in total. The van der Waals surface area contributed by atoms with Gasteiger partial charge in [-0.25, -0.2) is 9.50 Å². The van der Waals surface area contributed by atoms with Gasteiger partial charge in [-0.15, -0.1) is 0 Å². The smallest absolute Gasteiger partial charge is 0.258 e. The zero-order valence-corrected chi connectivity index (χ0v) is 8.67. The van der Waals surface area contributed by atoms with Crippen LogP contribution in [0.15, 0.2) is 12.3 Å². The van der Waals surface area contributed by atoms with Gasteiger partial charge in [-0.05, 0) is 24.6 Å². The molecule has 0 amide bonds. The van der Waals surface area contributed by atoms with Crippen molar-refractivity contribution in [2.45, 2.75) is 6.92 Å². The van der Waals surface area contributed by atoms with Crippen LogP contribution in [0.5, 0.6) is 0 Å². The highest BCUT2D eigenvalue weighted by molar-refractivity contribution is 6.68. The van der Waals surface area contributed by atoms with Gasteiger partial charge in [0.15, 0.2) is 5.65 Å². The summed E-state index contributed by atoms with van der Waals surface area (Å²) in [6.45, 7) is 1.69. The highest BCUT2D eigenvalue weighted by Crippen LogP contribution is 2.17.